The van der Waals surface area contributed by atoms with Gasteiger partial charge in [-0.05, 0) is 19.3 Å². The van der Waals surface area contributed by atoms with E-state index in [1.165, 1.54) is 24.2 Å². The van der Waals surface area contributed by atoms with Crippen LogP contribution in [0.15, 0.2) is 0 Å². The Kier molecular flexibility index (Phi) is 4.50. The van der Waals surface area contributed by atoms with Crippen molar-refractivity contribution in [1.29, 1.82) is 0 Å². The second-order valence-electron chi connectivity index (χ2n) is 5.25. The number of halogens is 1. The SMILES string of the molecule is O=C(C[NH+]1CCCCC1)N[C@@H]1CS(=O)(=O)C[C@@H]1Cl. The highest BCUT2D eigenvalue weighted by molar-refractivity contribution is 7.91. The van der Waals surface area contributed by atoms with Crippen molar-refractivity contribution in [2.24, 2.45) is 0 Å². The molecule has 0 bridgehead atoms. The number of hydrogen-bond donors (Lipinski definition) is 2. The maximum absolute atomic E-state index is 11.8. The zero-order valence-corrected chi connectivity index (χ0v) is 11.9. The van der Waals surface area contributed by atoms with E-state index < -0.39 is 21.3 Å². The van der Waals surface area contributed by atoms with Gasteiger partial charge in [0.15, 0.2) is 16.4 Å². The number of alkyl halides is 1. The number of piperidine rings is 1. The van der Waals surface area contributed by atoms with Crippen molar-refractivity contribution in [3.8, 4) is 0 Å². The molecule has 0 aromatic carbocycles. The molecule has 2 N–H and O–H groups in total. The molecule has 0 spiro atoms. The zero-order chi connectivity index (χ0) is 13.2. The number of rotatable bonds is 3. The third-order valence-corrected chi connectivity index (χ3v) is 5.98. The van der Waals surface area contributed by atoms with Crippen molar-refractivity contribution >= 4 is 27.3 Å². The normalized spacial score (nSPS) is 32.3. The Hall–Kier alpha value is -0.330. The molecule has 2 saturated heterocycles. The molecule has 0 saturated carbocycles. The largest absolute Gasteiger partial charge is 0.346 e. The Morgan fingerprint density at radius 3 is 2.44 bits per heavy atom. The summed E-state index contributed by atoms with van der Waals surface area (Å²) in [6.45, 7) is 2.49. The summed E-state index contributed by atoms with van der Waals surface area (Å²) in [5, 5.41) is 2.27. The predicted molar refractivity (Wildman–Crippen MR) is 69.6 cm³/mol. The maximum atomic E-state index is 11.8. The highest BCUT2D eigenvalue weighted by Gasteiger charge is 2.37. The Morgan fingerprint density at radius 2 is 1.89 bits per heavy atom. The third-order valence-electron chi connectivity index (χ3n) is 3.60. The molecule has 5 nitrogen and oxygen atoms in total. The van der Waals surface area contributed by atoms with Gasteiger partial charge in [-0.25, -0.2) is 8.42 Å². The van der Waals surface area contributed by atoms with Crippen LogP contribution >= 0.6 is 11.6 Å². The Morgan fingerprint density at radius 1 is 1.22 bits per heavy atom. The molecule has 2 aliphatic heterocycles. The highest BCUT2D eigenvalue weighted by atomic mass is 35.5. The van der Waals surface area contributed by atoms with Crippen molar-refractivity contribution in [3.05, 3.63) is 0 Å². The van der Waals surface area contributed by atoms with Crippen molar-refractivity contribution in [1.82, 2.24) is 5.32 Å². The number of amides is 1. The smallest absolute Gasteiger partial charge is 0.275 e. The number of carbonyl (C=O) groups excluding carboxylic acids is 1. The minimum absolute atomic E-state index is 0.0256. The molecule has 2 fully saturated rings. The molecule has 0 unspecified atom stereocenters. The van der Waals surface area contributed by atoms with E-state index >= 15 is 0 Å². The Labute approximate surface area is 113 Å². The molecular formula is C11H20ClN2O3S+. The third kappa shape index (κ3) is 3.83. The van der Waals surface area contributed by atoms with Crippen LogP contribution in [0.1, 0.15) is 19.3 Å². The Balaban J connectivity index is 1.80. The van der Waals surface area contributed by atoms with Gasteiger partial charge in [-0.2, -0.15) is 0 Å². The minimum atomic E-state index is -3.08. The maximum Gasteiger partial charge on any atom is 0.275 e. The zero-order valence-electron chi connectivity index (χ0n) is 10.3. The van der Waals surface area contributed by atoms with E-state index in [-0.39, 0.29) is 17.4 Å². The second kappa shape index (κ2) is 5.75. The molecule has 2 atom stereocenters. The van der Waals surface area contributed by atoms with Gasteiger partial charge < -0.3 is 10.2 Å². The first-order chi connectivity index (χ1) is 8.46. The van der Waals surface area contributed by atoms with Gasteiger partial charge >= 0.3 is 0 Å². The lowest BCUT2D eigenvalue weighted by Gasteiger charge is -2.24. The average molecular weight is 296 g/mol. The molecule has 2 rings (SSSR count). The lowest BCUT2D eigenvalue weighted by molar-refractivity contribution is -0.896. The van der Waals surface area contributed by atoms with Gasteiger partial charge in [-0.15, -0.1) is 11.6 Å². The van der Waals surface area contributed by atoms with Crippen molar-refractivity contribution in [2.45, 2.75) is 30.7 Å². The van der Waals surface area contributed by atoms with E-state index in [9.17, 15) is 13.2 Å². The number of likely N-dealkylation sites (tertiary alicyclic amines) is 1. The van der Waals surface area contributed by atoms with Crippen LogP contribution < -0.4 is 10.2 Å². The number of hydrogen-bond acceptors (Lipinski definition) is 3. The van der Waals surface area contributed by atoms with E-state index in [0.717, 1.165) is 13.1 Å². The van der Waals surface area contributed by atoms with Crippen LogP contribution in [0.3, 0.4) is 0 Å². The molecule has 0 aliphatic carbocycles. The van der Waals surface area contributed by atoms with E-state index in [1.54, 1.807) is 0 Å². The van der Waals surface area contributed by atoms with Gasteiger partial charge in [0.1, 0.15) is 0 Å². The van der Waals surface area contributed by atoms with Gasteiger partial charge in [-0.3, -0.25) is 4.79 Å². The molecule has 0 aromatic heterocycles. The summed E-state index contributed by atoms with van der Waals surface area (Å²) < 4.78 is 22.8. The second-order valence-corrected chi connectivity index (χ2v) is 7.97. The van der Waals surface area contributed by atoms with Crippen LogP contribution in [0.2, 0.25) is 0 Å². The standard InChI is InChI=1S/C11H19ClN2O3S/c12-9-7-18(16,17)8-10(9)13-11(15)6-14-4-2-1-3-5-14/h9-10H,1-8H2,(H,13,15)/p+1/t9-,10+/m0/s1. The fourth-order valence-corrected chi connectivity index (χ4v) is 5.20. The van der Waals surface area contributed by atoms with Crippen LogP contribution in [0.5, 0.6) is 0 Å². The number of quaternary nitrogens is 1. The summed E-state index contributed by atoms with van der Waals surface area (Å²) in [4.78, 5) is 13.1. The summed E-state index contributed by atoms with van der Waals surface area (Å²) in [5.74, 6) is -0.141. The molecule has 0 radical (unpaired) electrons. The van der Waals surface area contributed by atoms with Crippen molar-refractivity contribution in [2.75, 3.05) is 31.1 Å². The molecule has 104 valence electrons. The fourth-order valence-electron chi connectivity index (χ4n) is 2.65. The molecule has 0 aromatic rings. The number of nitrogens with one attached hydrogen (secondary N) is 2. The van der Waals surface area contributed by atoms with Gasteiger partial charge in [0.05, 0.1) is 36.0 Å². The molecule has 1 amide bonds. The average Bonchev–Trinajstić information content (AvgIpc) is 2.53. The number of sulfone groups is 1. The van der Waals surface area contributed by atoms with Crippen LogP contribution in [-0.2, 0) is 14.6 Å². The minimum Gasteiger partial charge on any atom is -0.346 e. The van der Waals surface area contributed by atoms with Gasteiger partial charge in [0.2, 0.25) is 0 Å². The predicted octanol–water partition coefficient (Wildman–Crippen LogP) is -1.42. The lowest BCUT2D eigenvalue weighted by Crippen LogP contribution is -3.14. The van der Waals surface area contributed by atoms with Crippen LogP contribution in [-0.4, -0.2) is 56.9 Å². The highest BCUT2D eigenvalue weighted by Crippen LogP contribution is 2.17. The molecule has 7 heteroatoms. The van der Waals surface area contributed by atoms with Gasteiger partial charge in [-0.1, -0.05) is 0 Å². The first-order valence-electron chi connectivity index (χ1n) is 6.44. The van der Waals surface area contributed by atoms with Gasteiger partial charge in [0.25, 0.3) is 5.91 Å². The van der Waals surface area contributed by atoms with Crippen molar-refractivity contribution < 1.29 is 18.1 Å². The van der Waals surface area contributed by atoms with E-state index in [4.69, 9.17) is 11.6 Å². The first kappa shape index (κ1) is 14.1. The lowest BCUT2D eigenvalue weighted by atomic mass is 10.1. The van der Waals surface area contributed by atoms with E-state index in [0.29, 0.717) is 6.54 Å². The fraction of sp³-hybridized carbons (Fsp3) is 0.909. The van der Waals surface area contributed by atoms with E-state index in [2.05, 4.69) is 5.32 Å². The summed E-state index contributed by atoms with van der Waals surface area (Å²) in [7, 11) is -3.08. The topological polar surface area (TPSA) is 67.7 Å². The summed E-state index contributed by atoms with van der Waals surface area (Å²) in [6.07, 6.45) is 3.58. The summed E-state index contributed by atoms with van der Waals surface area (Å²) in [5.41, 5.74) is 0. The van der Waals surface area contributed by atoms with Crippen LogP contribution in [0.4, 0.5) is 0 Å². The number of carbonyl (C=O) groups is 1. The summed E-state index contributed by atoms with van der Waals surface area (Å²) in [6, 6.07) is -0.423. The van der Waals surface area contributed by atoms with E-state index in [1.807, 2.05) is 0 Å². The monoisotopic (exact) mass is 295 g/mol. The molecular weight excluding hydrogens is 276 g/mol. The first-order valence-corrected chi connectivity index (χ1v) is 8.69. The Bertz CT molecular complexity index is 407. The quantitative estimate of drug-likeness (QED) is 0.628. The van der Waals surface area contributed by atoms with Gasteiger partial charge in [0, 0.05) is 0 Å². The van der Waals surface area contributed by atoms with Crippen LogP contribution in [0, 0.1) is 0 Å². The van der Waals surface area contributed by atoms with Crippen LogP contribution in [0.25, 0.3) is 0 Å². The molecule has 18 heavy (non-hydrogen) atoms. The van der Waals surface area contributed by atoms with Crippen molar-refractivity contribution in [3.63, 3.8) is 0 Å². The molecule has 2 aliphatic rings. The molecule has 2 heterocycles. The summed E-state index contributed by atoms with van der Waals surface area (Å²) >= 11 is 5.95.